The zero-order chi connectivity index (χ0) is 19.8. The quantitative estimate of drug-likeness (QED) is 0.539. The smallest absolute Gasteiger partial charge is 0.507 e. The highest BCUT2D eigenvalue weighted by Crippen LogP contribution is 2.38. The largest absolute Gasteiger partial charge is 0.573 e. The lowest BCUT2D eigenvalue weighted by Gasteiger charge is -2.15. The van der Waals surface area contributed by atoms with Gasteiger partial charge in [0.05, 0.1) is 0 Å². The fourth-order valence-corrected chi connectivity index (χ4v) is 2.23. The minimum absolute atomic E-state index is 0.538. The van der Waals surface area contributed by atoms with E-state index in [1.165, 1.54) is 0 Å². The average Bonchev–Trinajstić information content (AvgIpc) is 2.46. The van der Waals surface area contributed by atoms with Crippen molar-refractivity contribution >= 4 is 17.8 Å². The minimum atomic E-state index is -5.10. The van der Waals surface area contributed by atoms with Crippen LogP contribution in [0.1, 0.15) is 20.7 Å². The Hall–Kier alpha value is -3.70. The first kappa shape index (κ1) is 18.6. The number of rotatable bonds is 4. The molecule has 0 saturated carbocycles. The molecule has 1 heterocycles. The third-order valence-corrected chi connectivity index (χ3v) is 3.14. The molecule has 0 aliphatic heterocycles. The SMILES string of the molecule is Nc1[nH]c(=O)c(C(=O)O)c(-c2cc(OC(F)(F)F)ccc2O)c1C(=O)O. The van der Waals surface area contributed by atoms with Crippen molar-refractivity contribution in [2.45, 2.75) is 6.36 Å². The van der Waals surface area contributed by atoms with Crippen molar-refractivity contribution in [1.82, 2.24) is 4.98 Å². The number of carboxylic acid groups (broad SMARTS) is 2. The number of nitrogens with one attached hydrogen (secondary N) is 1. The summed E-state index contributed by atoms with van der Waals surface area (Å²) in [6, 6.07) is 1.96. The van der Waals surface area contributed by atoms with E-state index >= 15 is 0 Å². The van der Waals surface area contributed by atoms with Gasteiger partial charge in [0.1, 0.15) is 28.4 Å². The van der Waals surface area contributed by atoms with Crippen LogP contribution in [0.4, 0.5) is 19.0 Å². The van der Waals surface area contributed by atoms with Gasteiger partial charge in [-0.1, -0.05) is 0 Å². The Bertz CT molecular complexity index is 966. The van der Waals surface area contributed by atoms with Gasteiger partial charge in [0.25, 0.3) is 5.56 Å². The van der Waals surface area contributed by atoms with Crippen molar-refractivity contribution in [2.75, 3.05) is 5.73 Å². The summed E-state index contributed by atoms with van der Waals surface area (Å²) in [6.07, 6.45) is -5.10. The van der Waals surface area contributed by atoms with E-state index in [2.05, 4.69) is 4.74 Å². The number of anilines is 1. The maximum atomic E-state index is 12.4. The number of aromatic amines is 1. The third kappa shape index (κ3) is 3.53. The van der Waals surface area contributed by atoms with Gasteiger partial charge in [-0.15, -0.1) is 13.2 Å². The maximum Gasteiger partial charge on any atom is 0.573 e. The molecule has 0 saturated heterocycles. The lowest BCUT2D eigenvalue weighted by molar-refractivity contribution is -0.274. The van der Waals surface area contributed by atoms with Crippen LogP contribution >= 0.6 is 0 Å². The summed E-state index contributed by atoms with van der Waals surface area (Å²) in [6.45, 7) is 0. The predicted molar refractivity (Wildman–Crippen MR) is 79.2 cm³/mol. The van der Waals surface area contributed by atoms with Crippen LogP contribution in [-0.2, 0) is 0 Å². The number of carbonyl (C=O) groups is 2. The Morgan fingerprint density at radius 2 is 1.69 bits per heavy atom. The number of pyridine rings is 1. The van der Waals surface area contributed by atoms with E-state index in [4.69, 9.17) is 5.73 Å². The summed E-state index contributed by atoms with van der Waals surface area (Å²) in [4.78, 5) is 36.5. The van der Waals surface area contributed by atoms with Crippen LogP contribution in [0, 0.1) is 0 Å². The molecule has 6 N–H and O–H groups in total. The summed E-state index contributed by atoms with van der Waals surface area (Å²) in [5, 5.41) is 28.4. The first-order valence-electron chi connectivity index (χ1n) is 6.54. The highest BCUT2D eigenvalue weighted by molar-refractivity contribution is 6.08. The van der Waals surface area contributed by atoms with Crippen LogP contribution in [0.15, 0.2) is 23.0 Å². The standard InChI is InChI=1S/C14H9F3N2O7/c15-14(16,17)26-4-1-2-6(20)5(3-4)7-8(12(22)23)10(18)19-11(21)9(7)13(24)25/h1-3,20H,(H,22,23)(H,24,25)(H3,18,19,21). The number of nitrogen functional groups attached to an aromatic ring is 1. The number of aromatic nitrogens is 1. The molecule has 138 valence electrons. The third-order valence-electron chi connectivity index (χ3n) is 3.14. The molecule has 2 aromatic rings. The monoisotopic (exact) mass is 374 g/mol. The van der Waals surface area contributed by atoms with Gasteiger partial charge in [-0.25, -0.2) is 9.59 Å². The van der Waals surface area contributed by atoms with E-state index in [0.29, 0.717) is 18.2 Å². The van der Waals surface area contributed by atoms with Gasteiger partial charge >= 0.3 is 18.3 Å². The molecule has 0 bridgehead atoms. The van der Waals surface area contributed by atoms with Gasteiger partial charge in [-0.3, -0.25) is 4.79 Å². The van der Waals surface area contributed by atoms with E-state index in [0.717, 1.165) is 0 Å². The number of halogens is 3. The van der Waals surface area contributed by atoms with Crippen molar-refractivity contribution in [2.24, 2.45) is 0 Å². The van der Waals surface area contributed by atoms with Crippen molar-refractivity contribution in [3.05, 3.63) is 39.7 Å². The zero-order valence-corrected chi connectivity index (χ0v) is 12.4. The molecule has 1 aromatic heterocycles. The Morgan fingerprint density at radius 3 is 2.19 bits per heavy atom. The molecule has 0 aliphatic carbocycles. The molecule has 0 spiro atoms. The Kier molecular flexibility index (Phi) is 4.52. The number of alkyl halides is 3. The number of aromatic carboxylic acids is 2. The first-order chi connectivity index (χ1) is 11.9. The first-order valence-corrected chi connectivity index (χ1v) is 6.54. The molecule has 26 heavy (non-hydrogen) atoms. The molecule has 0 aliphatic rings. The Labute approximate surface area is 141 Å². The minimum Gasteiger partial charge on any atom is -0.507 e. The fraction of sp³-hybridized carbons (Fsp3) is 0.0714. The second kappa shape index (κ2) is 6.31. The molecule has 2 rings (SSSR count). The van der Waals surface area contributed by atoms with E-state index in [1.54, 1.807) is 0 Å². The molecular weight excluding hydrogens is 365 g/mol. The molecule has 0 atom stereocenters. The highest BCUT2D eigenvalue weighted by atomic mass is 19.4. The van der Waals surface area contributed by atoms with Crippen molar-refractivity contribution < 1.29 is 42.8 Å². The van der Waals surface area contributed by atoms with Crippen LogP contribution in [0.25, 0.3) is 11.1 Å². The number of phenols is 1. The second-order valence-corrected chi connectivity index (χ2v) is 4.83. The molecular formula is C14H9F3N2O7. The number of hydrogen-bond acceptors (Lipinski definition) is 6. The lowest BCUT2D eigenvalue weighted by Crippen LogP contribution is -2.24. The van der Waals surface area contributed by atoms with Crippen LogP contribution < -0.4 is 16.0 Å². The number of carboxylic acids is 2. The summed E-state index contributed by atoms with van der Waals surface area (Å²) in [7, 11) is 0. The van der Waals surface area contributed by atoms with Crippen molar-refractivity contribution in [3.63, 3.8) is 0 Å². The molecule has 0 radical (unpaired) electrons. The molecule has 12 heteroatoms. The molecule has 0 fully saturated rings. The molecule has 0 unspecified atom stereocenters. The van der Waals surface area contributed by atoms with Crippen molar-refractivity contribution in [1.29, 1.82) is 0 Å². The van der Waals surface area contributed by atoms with Gasteiger partial charge in [0.15, 0.2) is 0 Å². The second-order valence-electron chi connectivity index (χ2n) is 4.83. The van der Waals surface area contributed by atoms with Crippen LogP contribution in [0.2, 0.25) is 0 Å². The highest BCUT2D eigenvalue weighted by Gasteiger charge is 2.32. The molecule has 0 amide bonds. The van der Waals surface area contributed by atoms with Gasteiger partial charge in [-0.05, 0) is 18.2 Å². The topological polar surface area (TPSA) is 163 Å². The van der Waals surface area contributed by atoms with Crippen LogP contribution in [0.5, 0.6) is 11.5 Å². The van der Waals surface area contributed by atoms with E-state index in [1.807, 2.05) is 4.98 Å². The number of benzene rings is 1. The van der Waals surface area contributed by atoms with Gasteiger partial charge in [-0.2, -0.15) is 0 Å². The predicted octanol–water partition coefficient (Wildman–Crippen LogP) is 1.62. The number of phenolic OH excluding ortho intramolecular Hbond substituents is 1. The zero-order valence-electron chi connectivity index (χ0n) is 12.4. The number of nitrogens with two attached hydrogens (primary N) is 1. The summed E-state index contributed by atoms with van der Waals surface area (Å²) in [5.74, 6) is -6.08. The maximum absolute atomic E-state index is 12.4. The average molecular weight is 374 g/mol. The van der Waals surface area contributed by atoms with E-state index in [-0.39, 0.29) is 0 Å². The number of ether oxygens (including phenoxy) is 1. The van der Waals surface area contributed by atoms with E-state index in [9.17, 15) is 42.9 Å². The normalized spacial score (nSPS) is 11.2. The Morgan fingerprint density at radius 1 is 1.12 bits per heavy atom. The molecule has 1 aromatic carbocycles. The molecule has 9 nitrogen and oxygen atoms in total. The number of aromatic hydroxyl groups is 1. The van der Waals surface area contributed by atoms with Crippen LogP contribution in [-0.4, -0.2) is 38.6 Å². The summed E-state index contributed by atoms with van der Waals surface area (Å²) >= 11 is 0. The number of H-pyrrole nitrogens is 1. The Balaban J connectivity index is 2.91. The summed E-state index contributed by atoms with van der Waals surface area (Å²) < 4.78 is 40.8. The number of hydrogen-bond donors (Lipinski definition) is 5. The summed E-state index contributed by atoms with van der Waals surface area (Å²) in [5.41, 5.74) is 0.485. The van der Waals surface area contributed by atoms with Gasteiger partial charge < -0.3 is 30.8 Å². The fourth-order valence-electron chi connectivity index (χ4n) is 2.23. The van der Waals surface area contributed by atoms with Crippen LogP contribution in [0.3, 0.4) is 0 Å². The van der Waals surface area contributed by atoms with Gasteiger partial charge in [0.2, 0.25) is 0 Å². The lowest BCUT2D eigenvalue weighted by atomic mass is 9.94. The van der Waals surface area contributed by atoms with Crippen molar-refractivity contribution in [3.8, 4) is 22.6 Å². The van der Waals surface area contributed by atoms with Gasteiger partial charge in [0, 0.05) is 11.1 Å². The van der Waals surface area contributed by atoms with E-state index < -0.39 is 63.4 Å².